The predicted octanol–water partition coefficient (Wildman–Crippen LogP) is 0.500. The lowest BCUT2D eigenvalue weighted by atomic mass is 9.96. The number of ether oxygens (including phenoxy) is 1. The highest BCUT2D eigenvalue weighted by molar-refractivity contribution is 4.94. The average molecular weight is 212 g/mol. The molecular weight excluding hydrogens is 192 g/mol. The first kappa shape index (κ1) is 12.1. The fraction of sp³-hybridized carbons (Fsp3) is 0.800. The maximum absolute atomic E-state index is 6.09. The Morgan fingerprint density at radius 1 is 1.60 bits per heavy atom. The molecule has 0 aliphatic rings. The van der Waals surface area contributed by atoms with Crippen LogP contribution in [0, 0.1) is 0 Å². The summed E-state index contributed by atoms with van der Waals surface area (Å²) in [5.74, 6) is 0.885. The van der Waals surface area contributed by atoms with Crippen LogP contribution >= 0.6 is 0 Å². The highest BCUT2D eigenvalue weighted by Crippen LogP contribution is 2.15. The second-order valence-corrected chi connectivity index (χ2v) is 4.15. The van der Waals surface area contributed by atoms with E-state index in [1.165, 1.54) is 6.33 Å². The number of aromatic nitrogens is 3. The van der Waals surface area contributed by atoms with Gasteiger partial charge in [-0.15, -0.1) is 0 Å². The minimum Gasteiger partial charge on any atom is -0.374 e. The van der Waals surface area contributed by atoms with E-state index in [9.17, 15) is 0 Å². The van der Waals surface area contributed by atoms with Gasteiger partial charge in [0.2, 0.25) is 0 Å². The first-order valence-electron chi connectivity index (χ1n) is 5.19. The SMILES string of the molecule is CCOC(C)(C)C(N)Cc1ncnn1C. The third kappa shape index (κ3) is 3.00. The number of hydrogen-bond acceptors (Lipinski definition) is 4. The average Bonchev–Trinajstić information content (AvgIpc) is 2.52. The van der Waals surface area contributed by atoms with Gasteiger partial charge in [-0.2, -0.15) is 5.10 Å². The summed E-state index contributed by atoms with van der Waals surface area (Å²) in [6.45, 7) is 6.63. The summed E-state index contributed by atoms with van der Waals surface area (Å²) in [7, 11) is 1.86. The Morgan fingerprint density at radius 2 is 2.27 bits per heavy atom. The standard InChI is InChI=1S/C10H20N4O/c1-5-15-10(2,3)8(11)6-9-12-7-13-14(9)4/h7-8H,5-6,11H2,1-4H3. The number of rotatable bonds is 5. The van der Waals surface area contributed by atoms with Crippen molar-refractivity contribution in [3.8, 4) is 0 Å². The van der Waals surface area contributed by atoms with Crippen LogP contribution in [0.25, 0.3) is 0 Å². The molecule has 1 aromatic heterocycles. The molecule has 0 bridgehead atoms. The Bertz CT molecular complexity index is 308. The van der Waals surface area contributed by atoms with Gasteiger partial charge in [0.1, 0.15) is 12.2 Å². The van der Waals surface area contributed by atoms with Crippen molar-refractivity contribution < 1.29 is 4.74 Å². The highest BCUT2D eigenvalue weighted by Gasteiger charge is 2.27. The molecule has 0 aliphatic heterocycles. The normalized spacial score (nSPS) is 14.2. The lowest BCUT2D eigenvalue weighted by molar-refractivity contribution is -0.0293. The Morgan fingerprint density at radius 3 is 2.73 bits per heavy atom. The Labute approximate surface area is 90.6 Å². The lowest BCUT2D eigenvalue weighted by Gasteiger charge is -2.31. The van der Waals surface area contributed by atoms with Crippen LogP contribution in [0.15, 0.2) is 6.33 Å². The quantitative estimate of drug-likeness (QED) is 0.772. The second-order valence-electron chi connectivity index (χ2n) is 4.15. The minimum atomic E-state index is -0.333. The van der Waals surface area contributed by atoms with E-state index >= 15 is 0 Å². The third-order valence-corrected chi connectivity index (χ3v) is 2.62. The van der Waals surface area contributed by atoms with Crippen LogP contribution in [0.5, 0.6) is 0 Å². The van der Waals surface area contributed by atoms with Crippen LogP contribution < -0.4 is 5.73 Å². The molecule has 86 valence electrons. The van der Waals surface area contributed by atoms with E-state index in [4.69, 9.17) is 10.5 Å². The van der Waals surface area contributed by atoms with Gasteiger partial charge in [-0.1, -0.05) is 0 Å². The molecule has 5 nitrogen and oxygen atoms in total. The summed E-state index contributed by atoms with van der Waals surface area (Å²) in [6, 6.07) is -0.0830. The number of nitrogens with zero attached hydrogens (tertiary/aromatic N) is 3. The first-order valence-corrected chi connectivity index (χ1v) is 5.19. The summed E-state index contributed by atoms with van der Waals surface area (Å²) in [5, 5.41) is 4.01. The van der Waals surface area contributed by atoms with Crippen LogP contribution in [-0.4, -0.2) is 33.0 Å². The molecule has 0 aliphatic carbocycles. The van der Waals surface area contributed by atoms with Gasteiger partial charge in [-0.3, -0.25) is 4.68 Å². The van der Waals surface area contributed by atoms with Gasteiger partial charge in [0.25, 0.3) is 0 Å². The molecule has 0 fully saturated rings. The monoisotopic (exact) mass is 212 g/mol. The van der Waals surface area contributed by atoms with E-state index in [0.717, 1.165) is 5.82 Å². The maximum Gasteiger partial charge on any atom is 0.138 e. The highest BCUT2D eigenvalue weighted by atomic mass is 16.5. The molecule has 1 aromatic rings. The summed E-state index contributed by atoms with van der Waals surface area (Å²) in [5.41, 5.74) is 5.76. The van der Waals surface area contributed by atoms with Gasteiger partial charge < -0.3 is 10.5 Å². The van der Waals surface area contributed by atoms with E-state index in [0.29, 0.717) is 13.0 Å². The number of hydrogen-bond donors (Lipinski definition) is 1. The fourth-order valence-corrected chi connectivity index (χ4v) is 1.43. The largest absolute Gasteiger partial charge is 0.374 e. The predicted molar refractivity (Wildman–Crippen MR) is 58.4 cm³/mol. The molecular formula is C10H20N4O. The maximum atomic E-state index is 6.09. The van der Waals surface area contributed by atoms with Crippen LogP contribution in [0.4, 0.5) is 0 Å². The second kappa shape index (κ2) is 4.72. The van der Waals surface area contributed by atoms with Crippen molar-refractivity contribution in [3.05, 3.63) is 12.2 Å². The minimum absolute atomic E-state index is 0.0830. The molecule has 0 saturated carbocycles. The van der Waals surface area contributed by atoms with Crippen LogP contribution in [0.3, 0.4) is 0 Å². The zero-order valence-corrected chi connectivity index (χ0v) is 9.90. The van der Waals surface area contributed by atoms with Crippen molar-refractivity contribution in [2.24, 2.45) is 12.8 Å². The van der Waals surface area contributed by atoms with Gasteiger partial charge in [0.05, 0.1) is 5.60 Å². The van der Waals surface area contributed by atoms with Crippen molar-refractivity contribution in [1.82, 2.24) is 14.8 Å². The molecule has 1 unspecified atom stereocenters. The summed E-state index contributed by atoms with van der Waals surface area (Å²) < 4.78 is 7.34. The molecule has 1 rings (SSSR count). The number of aryl methyl sites for hydroxylation is 1. The Balaban J connectivity index is 2.63. The van der Waals surface area contributed by atoms with Gasteiger partial charge in [-0.25, -0.2) is 4.98 Å². The van der Waals surface area contributed by atoms with Gasteiger partial charge in [-0.05, 0) is 20.8 Å². The van der Waals surface area contributed by atoms with E-state index in [2.05, 4.69) is 10.1 Å². The van der Waals surface area contributed by atoms with Gasteiger partial charge in [0, 0.05) is 26.1 Å². The molecule has 2 N–H and O–H groups in total. The van der Waals surface area contributed by atoms with E-state index in [-0.39, 0.29) is 11.6 Å². The molecule has 0 amide bonds. The van der Waals surface area contributed by atoms with Crippen LogP contribution in [-0.2, 0) is 18.2 Å². The smallest absolute Gasteiger partial charge is 0.138 e. The Hall–Kier alpha value is -0.940. The van der Waals surface area contributed by atoms with Gasteiger partial charge in [0.15, 0.2) is 0 Å². The van der Waals surface area contributed by atoms with Crippen molar-refractivity contribution >= 4 is 0 Å². The lowest BCUT2D eigenvalue weighted by Crippen LogP contribution is -2.47. The van der Waals surface area contributed by atoms with Crippen molar-refractivity contribution in [3.63, 3.8) is 0 Å². The molecule has 0 spiro atoms. The molecule has 0 radical (unpaired) electrons. The molecule has 0 aromatic carbocycles. The molecule has 1 heterocycles. The Kier molecular flexibility index (Phi) is 3.82. The zero-order chi connectivity index (χ0) is 11.5. The number of nitrogens with two attached hydrogens (primary N) is 1. The zero-order valence-electron chi connectivity index (χ0n) is 9.90. The van der Waals surface area contributed by atoms with E-state index in [1.807, 2.05) is 27.8 Å². The third-order valence-electron chi connectivity index (χ3n) is 2.62. The molecule has 5 heteroatoms. The molecule has 15 heavy (non-hydrogen) atoms. The summed E-state index contributed by atoms with van der Waals surface area (Å²) >= 11 is 0. The molecule has 0 saturated heterocycles. The summed E-state index contributed by atoms with van der Waals surface area (Å²) in [6.07, 6.45) is 2.21. The van der Waals surface area contributed by atoms with Crippen molar-refractivity contribution in [1.29, 1.82) is 0 Å². The molecule has 1 atom stereocenters. The van der Waals surface area contributed by atoms with Crippen molar-refractivity contribution in [2.45, 2.75) is 38.8 Å². The first-order chi connectivity index (χ1) is 6.97. The summed E-state index contributed by atoms with van der Waals surface area (Å²) in [4.78, 5) is 4.15. The van der Waals surface area contributed by atoms with Crippen LogP contribution in [0.2, 0.25) is 0 Å². The van der Waals surface area contributed by atoms with Crippen LogP contribution in [0.1, 0.15) is 26.6 Å². The van der Waals surface area contributed by atoms with Crippen molar-refractivity contribution in [2.75, 3.05) is 6.61 Å². The topological polar surface area (TPSA) is 66.0 Å². The fourth-order valence-electron chi connectivity index (χ4n) is 1.43. The van der Waals surface area contributed by atoms with E-state index in [1.54, 1.807) is 4.68 Å². The van der Waals surface area contributed by atoms with E-state index < -0.39 is 0 Å². The van der Waals surface area contributed by atoms with Gasteiger partial charge >= 0.3 is 0 Å².